The summed E-state index contributed by atoms with van der Waals surface area (Å²) < 4.78 is 0. The van der Waals surface area contributed by atoms with Gasteiger partial charge in [0.05, 0.1) is 18.2 Å². The van der Waals surface area contributed by atoms with E-state index in [0.717, 1.165) is 11.3 Å². The van der Waals surface area contributed by atoms with Crippen LogP contribution in [0.5, 0.6) is 0 Å². The van der Waals surface area contributed by atoms with Gasteiger partial charge in [-0.15, -0.1) is 0 Å². The van der Waals surface area contributed by atoms with Gasteiger partial charge in [0.25, 0.3) is 0 Å². The highest BCUT2D eigenvalue weighted by atomic mass is 14.9. The number of hydrogen-bond donors (Lipinski definition) is 1. The van der Waals surface area contributed by atoms with E-state index in [-0.39, 0.29) is 0 Å². The first-order chi connectivity index (χ1) is 5.88. The van der Waals surface area contributed by atoms with Crippen LogP contribution in [0.15, 0.2) is 31.0 Å². The van der Waals surface area contributed by atoms with E-state index in [1.54, 1.807) is 18.7 Å². The van der Waals surface area contributed by atoms with E-state index >= 15 is 0 Å². The third-order valence-corrected chi connectivity index (χ3v) is 1.83. The van der Waals surface area contributed by atoms with Crippen molar-refractivity contribution >= 4 is 0 Å². The topological polar surface area (TPSA) is 41.6 Å². The van der Waals surface area contributed by atoms with Crippen molar-refractivity contribution in [1.82, 2.24) is 15.0 Å². The molecule has 0 unspecified atom stereocenters. The lowest BCUT2D eigenvalue weighted by atomic mass is 10.1. The summed E-state index contributed by atoms with van der Waals surface area (Å²) in [7, 11) is 0. The Morgan fingerprint density at radius 1 is 1.25 bits per heavy atom. The van der Waals surface area contributed by atoms with Gasteiger partial charge >= 0.3 is 0 Å². The Morgan fingerprint density at radius 3 is 2.83 bits per heavy atom. The summed E-state index contributed by atoms with van der Waals surface area (Å²) >= 11 is 0. The van der Waals surface area contributed by atoms with Crippen molar-refractivity contribution < 1.29 is 0 Å². The molecular weight excluding hydrogens is 150 g/mol. The summed E-state index contributed by atoms with van der Waals surface area (Å²) in [5.41, 5.74) is 3.32. The van der Waals surface area contributed by atoms with Crippen molar-refractivity contribution in [2.75, 3.05) is 0 Å². The molecule has 60 valence electrons. The maximum absolute atomic E-state index is 4.05. The fourth-order valence-electron chi connectivity index (χ4n) is 1.15. The van der Waals surface area contributed by atoms with E-state index < -0.39 is 0 Å². The van der Waals surface area contributed by atoms with E-state index in [1.165, 1.54) is 5.56 Å². The quantitative estimate of drug-likeness (QED) is 0.689. The van der Waals surface area contributed by atoms with Crippen LogP contribution in [-0.4, -0.2) is 15.0 Å². The molecule has 0 aliphatic rings. The minimum atomic E-state index is 1.01. The molecule has 2 aromatic rings. The predicted molar refractivity (Wildman–Crippen MR) is 46.6 cm³/mol. The molecule has 2 aromatic heterocycles. The summed E-state index contributed by atoms with van der Waals surface area (Å²) in [6.07, 6.45) is 7.09. The van der Waals surface area contributed by atoms with Gasteiger partial charge in [0.2, 0.25) is 0 Å². The van der Waals surface area contributed by atoms with E-state index in [9.17, 15) is 0 Å². The molecule has 0 aliphatic heterocycles. The molecule has 2 rings (SSSR count). The Balaban J connectivity index is 2.55. The standard InChI is InChI=1S/C9H9N3/c1-7-2-3-10-4-8(7)9-5-11-6-12-9/h2-6H,1H3,(H,11,12). The van der Waals surface area contributed by atoms with Gasteiger partial charge in [-0.25, -0.2) is 4.98 Å². The SMILES string of the molecule is Cc1ccncc1-c1cnc[nH]1. The highest BCUT2D eigenvalue weighted by molar-refractivity contribution is 5.60. The average Bonchev–Trinajstić information content (AvgIpc) is 2.57. The molecule has 0 bridgehead atoms. The largest absolute Gasteiger partial charge is 0.345 e. The summed E-state index contributed by atoms with van der Waals surface area (Å²) in [5, 5.41) is 0. The second-order valence-electron chi connectivity index (χ2n) is 2.66. The fourth-order valence-corrected chi connectivity index (χ4v) is 1.15. The van der Waals surface area contributed by atoms with Crippen LogP contribution in [0.25, 0.3) is 11.3 Å². The highest BCUT2D eigenvalue weighted by Gasteiger charge is 2.00. The monoisotopic (exact) mass is 159 g/mol. The van der Waals surface area contributed by atoms with Crippen molar-refractivity contribution in [2.45, 2.75) is 6.92 Å². The summed E-state index contributed by atoms with van der Waals surface area (Å²) in [6, 6.07) is 1.98. The molecule has 2 heterocycles. The smallest absolute Gasteiger partial charge is 0.0924 e. The molecule has 0 fully saturated rings. The van der Waals surface area contributed by atoms with Crippen LogP contribution in [0.3, 0.4) is 0 Å². The first-order valence-electron chi connectivity index (χ1n) is 3.77. The number of pyridine rings is 1. The minimum Gasteiger partial charge on any atom is -0.345 e. The second-order valence-corrected chi connectivity index (χ2v) is 2.66. The third-order valence-electron chi connectivity index (χ3n) is 1.83. The first kappa shape index (κ1) is 7.03. The zero-order valence-electron chi connectivity index (χ0n) is 6.78. The highest BCUT2D eigenvalue weighted by Crippen LogP contribution is 2.18. The number of nitrogens with one attached hydrogen (secondary N) is 1. The van der Waals surface area contributed by atoms with Crippen molar-refractivity contribution in [2.24, 2.45) is 0 Å². The van der Waals surface area contributed by atoms with Gasteiger partial charge in [-0.3, -0.25) is 4.98 Å². The molecule has 0 spiro atoms. The van der Waals surface area contributed by atoms with Crippen molar-refractivity contribution in [3.8, 4) is 11.3 Å². The van der Waals surface area contributed by atoms with Crippen LogP contribution >= 0.6 is 0 Å². The summed E-state index contributed by atoms with van der Waals surface area (Å²) in [5.74, 6) is 0. The van der Waals surface area contributed by atoms with Crippen LogP contribution in [-0.2, 0) is 0 Å². The molecule has 1 N–H and O–H groups in total. The molecular formula is C9H9N3. The van der Waals surface area contributed by atoms with Gasteiger partial charge in [-0.1, -0.05) is 0 Å². The van der Waals surface area contributed by atoms with Crippen LogP contribution in [0, 0.1) is 6.92 Å². The van der Waals surface area contributed by atoms with Crippen LogP contribution in [0.1, 0.15) is 5.56 Å². The van der Waals surface area contributed by atoms with E-state index in [2.05, 4.69) is 21.9 Å². The molecule has 3 nitrogen and oxygen atoms in total. The molecule has 0 saturated heterocycles. The van der Waals surface area contributed by atoms with Gasteiger partial charge in [0, 0.05) is 18.0 Å². The number of nitrogens with zero attached hydrogens (tertiary/aromatic N) is 2. The summed E-state index contributed by atoms with van der Waals surface area (Å²) in [4.78, 5) is 11.1. The number of aromatic nitrogens is 3. The molecule has 0 atom stereocenters. The van der Waals surface area contributed by atoms with E-state index in [1.807, 2.05) is 12.3 Å². The van der Waals surface area contributed by atoms with Crippen molar-refractivity contribution in [1.29, 1.82) is 0 Å². The second kappa shape index (κ2) is 2.77. The lowest BCUT2D eigenvalue weighted by Gasteiger charge is -1.99. The van der Waals surface area contributed by atoms with Crippen LogP contribution < -0.4 is 0 Å². The number of imidazole rings is 1. The first-order valence-corrected chi connectivity index (χ1v) is 3.77. The average molecular weight is 159 g/mol. The van der Waals surface area contributed by atoms with Crippen molar-refractivity contribution in [3.05, 3.63) is 36.5 Å². The van der Waals surface area contributed by atoms with Crippen LogP contribution in [0.2, 0.25) is 0 Å². The molecule has 3 heteroatoms. The third kappa shape index (κ3) is 1.09. The fraction of sp³-hybridized carbons (Fsp3) is 0.111. The normalized spacial score (nSPS) is 10.1. The Morgan fingerprint density at radius 2 is 2.17 bits per heavy atom. The van der Waals surface area contributed by atoms with E-state index in [0.29, 0.717) is 0 Å². The lowest BCUT2D eigenvalue weighted by molar-refractivity contribution is 1.26. The Labute approximate surface area is 70.5 Å². The van der Waals surface area contributed by atoms with Gasteiger partial charge in [-0.2, -0.15) is 0 Å². The number of H-pyrrole nitrogens is 1. The molecule has 0 aromatic carbocycles. The molecule has 0 aliphatic carbocycles. The minimum absolute atomic E-state index is 1.01. The molecule has 12 heavy (non-hydrogen) atoms. The van der Waals surface area contributed by atoms with Gasteiger partial charge in [0.1, 0.15) is 0 Å². The number of rotatable bonds is 1. The van der Waals surface area contributed by atoms with Gasteiger partial charge in [0.15, 0.2) is 0 Å². The maximum atomic E-state index is 4.05. The zero-order valence-corrected chi connectivity index (χ0v) is 6.78. The Kier molecular flexibility index (Phi) is 1.63. The Hall–Kier alpha value is -1.64. The maximum Gasteiger partial charge on any atom is 0.0924 e. The van der Waals surface area contributed by atoms with Crippen molar-refractivity contribution in [3.63, 3.8) is 0 Å². The van der Waals surface area contributed by atoms with Gasteiger partial charge < -0.3 is 4.98 Å². The molecule has 0 saturated carbocycles. The molecule has 0 radical (unpaired) electrons. The number of aromatic amines is 1. The zero-order chi connectivity index (χ0) is 8.39. The molecule has 0 amide bonds. The number of aryl methyl sites for hydroxylation is 1. The lowest BCUT2D eigenvalue weighted by Crippen LogP contribution is -1.83. The van der Waals surface area contributed by atoms with Gasteiger partial charge in [-0.05, 0) is 18.6 Å². The number of hydrogen-bond acceptors (Lipinski definition) is 2. The predicted octanol–water partition coefficient (Wildman–Crippen LogP) is 1.78. The summed E-state index contributed by atoms with van der Waals surface area (Å²) in [6.45, 7) is 2.05. The Bertz CT molecular complexity index is 365. The van der Waals surface area contributed by atoms with E-state index in [4.69, 9.17) is 0 Å². The van der Waals surface area contributed by atoms with Crippen LogP contribution in [0.4, 0.5) is 0 Å².